The highest BCUT2D eigenvalue weighted by Gasteiger charge is 2.32. The van der Waals surface area contributed by atoms with Crippen molar-refractivity contribution in [1.82, 2.24) is 0 Å². The third kappa shape index (κ3) is 4.04. The van der Waals surface area contributed by atoms with Crippen LogP contribution < -0.4 is 0 Å². The van der Waals surface area contributed by atoms with Crippen LogP contribution >= 0.6 is 23.4 Å². The lowest BCUT2D eigenvalue weighted by molar-refractivity contribution is -0.0328. The van der Waals surface area contributed by atoms with Gasteiger partial charge in [-0.3, -0.25) is 0 Å². The Morgan fingerprint density at radius 3 is 2.58 bits per heavy atom. The van der Waals surface area contributed by atoms with E-state index < -0.39 is 23.2 Å². The summed E-state index contributed by atoms with van der Waals surface area (Å²) in [7, 11) is 1.08. The minimum absolute atomic E-state index is 0.0822. The third-order valence-electron chi connectivity index (χ3n) is 2.06. The standard InChI is InChI=1S/C11H7ClF3NO2S/c1-18-10(17)7-2-6(4-12)3-9(8(7)5-16)19-11(13,14)15/h2-3H,4H2,1H3. The van der Waals surface area contributed by atoms with Gasteiger partial charge in [0.1, 0.15) is 6.07 Å². The van der Waals surface area contributed by atoms with E-state index in [4.69, 9.17) is 16.9 Å². The second-order valence-corrected chi connectivity index (χ2v) is 4.68. The molecule has 1 aromatic carbocycles. The Hall–Kier alpha value is -1.39. The van der Waals surface area contributed by atoms with Gasteiger partial charge in [0.15, 0.2) is 0 Å². The van der Waals surface area contributed by atoms with Crippen molar-refractivity contribution in [2.75, 3.05) is 7.11 Å². The van der Waals surface area contributed by atoms with Crippen LogP contribution in [0.2, 0.25) is 0 Å². The zero-order valence-electron chi connectivity index (χ0n) is 9.55. The van der Waals surface area contributed by atoms with E-state index >= 15 is 0 Å². The van der Waals surface area contributed by atoms with E-state index in [1.54, 1.807) is 6.07 Å². The average molecular weight is 310 g/mol. The van der Waals surface area contributed by atoms with E-state index in [9.17, 15) is 18.0 Å². The first-order chi connectivity index (χ1) is 8.82. The molecule has 0 saturated heterocycles. The van der Waals surface area contributed by atoms with Crippen LogP contribution in [0, 0.1) is 11.3 Å². The predicted octanol–water partition coefficient (Wildman–Crippen LogP) is 3.70. The molecule has 0 aliphatic carbocycles. The summed E-state index contributed by atoms with van der Waals surface area (Å²) >= 11 is 5.09. The minimum atomic E-state index is -4.57. The van der Waals surface area contributed by atoms with E-state index in [0.29, 0.717) is 5.56 Å². The number of alkyl halides is 4. The highest BCUT2D eigenvalue weighted by Crippen LogP contribution is 2.40. The molecule has 0 saturated carbocycles. The first-order valence-electron chi connectivity index (χ1n) is 4.79. The smallest absolute Gasteiger partial charge is 0.446 e. The van der Waals surface area contributed by atoms with E-state index in [1.807, 2.05) is 0 Å². The SMILES string of the molecule is COC(=O)c1cc(CCl)cc(SC(F)(F)F)c1C#N. The number of benzene rings is 1. The summed E-state index contributed by atoms with van der Waals surface area (Å²) in [5.41, 5.74) is -4.87. The molecular formula is C11H7ClF3NO2S. The molecule has 0 fully saturated rings. The molecule has 0 unspecified atom stereocenters. The topological polar surface area (TPSA) is 50.1 Å². The van der Waals surface area contributed by atoms with Gasteiger partial charge in [-0.2, -0.15) is 18.4 Å². The number of halogens is 4. The summed E-state index contributed by atoms with van der Waals surface area (Å²) in [5.74, 6) is -0.964. The maximum Gasteiger partial charge on any atom is 0.446 e. The van der Waals surface area contributed by atoms with Crippen molar-refractivity contribution in [2.24, 2.45) is 0 Å². The first-order valence-corrected chi connectivity index (χ1v) is 6.14. The Labute approximate surface area is 116 Å². The summed E-state index contributed by atoms with van der Waals surface area (Å²) < 4.78 is 41.7. The van der Waals surface area contributed by atoms with Crippen LogP contribution in [-0.4, -0.2) is 18.6 Å². The number of ether oxygens (including phenoxy) is 1. The van der Waals surface area contributed by atoms with Gasteiger partial charge in [0.25, 0.3) is 0 Å². The van der Waals surface area contributed by atoms with Crippen LogP contribution in [0.1, 0.15) is 21.5 Å². The molecule has 102 valence electrons. The summed E-state index contributed by atoms with van der Waals surface area (Å²) in [6, 6.07) is 3.97. The first kappa shape index (κ1) is 15.7. The van der Waals surface area contributed by atoms with Crippen LogP contribution in [0.15, 0.2) is 17.0 Å². The Bertz CT molecular complexity index is 540. The van der Waals surface area contributed by atoms with Crippen molar-refractivity contribution in [3.05, 3.63) is 28.8 Å². The normalized spacial score (nSPS) is 10.9. The Balaban J connectivity index is 3.44. The van der Waals surface area contributed by atoms with Gasteiger partial charge in [-0.15, -0.1) is 11.6 Å². The van der Waals surface area contributed by atoms with Crippen molar-refractivity contribution in [3.8, 4) is 6.07 Å². The lowest BCUT2D eigenvalue weighted by Gasteiger charge is -2.11. The molecule has 0 atom stereocenters. The third-order valence-corrected chi connectivity index (χ3v) is 3.14. The number of hydrogen-bond acceptors (Lipinski definition) is 4. The van der Waals surface area contributed by atoms with E-state index in [-0.39, 0.29) is 21.9 Å². The lowest BCUT2D eigenvalue weighted by Crippen LogP contribution is -2.08. The van der Waals surface area contributed by atoms with Gasteiger partial charge in [-0.1, -0.05) is 0 Å². The number of carbonyl (C=O) groups excluding carboxylic acids is 1. The van der Waals surface area contributed by atoms with Gasteiger partial charge in [-0.05, 0) is 29.5 Å². The molecule has 8 heteroatoms. The molecule has 0 N–H and O–H groups in total. The molecule has 1 aromatic rings. The molecular weight excluding hydrogens is 303 g/mol. The quantitative estimate of drug-likeness (QED) is 0.485. The summed E-state index contributed by atoms with van der Waals surface area (Å²) in [6.07, 6.45) is 0. The van der Waals surface area contributed by atoms with E-state index in [2.05, 4.69) is 4.74 Å². The van der Waals surface area contributed by atoms with Crippen molar-refractivity contribution in [3.63, 3.8) is 0 Å². The molecule has 0 aromatic heterocycles. The van der Waals surface area contributed by atoms with Crippen molar-refractivity contribution >= 4 is 29.3 Å². The van der Waals surface area contributed by atoms with Crippen LogP contribution in [0.3, 0.4) is 0 Å². The van der Waals surface area contributed by atoms with Gasteiger partial charge in [0.05, 0.1) is 18.2 Å². The number of carbonyl (C=O) groups is 1. The summed E-state index contributed by atoms with van der Waals surface area (Å²) in [4.78, 5) is 11.1. The molecule has 19 heavy (non-hydrogen) atoms. The number of methoxy groups -OCH3 is 1. The van der Waals surface area contributed by atoms with Crippen molar-refractivity contribution < 1.29 is 22.7 Å². The second kappa shape index (κ2) is 6.17. The fourth-order valence-corrected chi connectivity index (χ4v) is 2.21. The summed E-state index contributed by atoms with van der Waals surface area (Å²) in [6.45, 7) is 0. The molecule has 1 rings (SSSR count). The van der Waals surface area contributed by atoms with Gasteiger partial charge >= 0.3 is 11.5 Å². The van der Waals surface area contributed by atoms with Gasteiger partial charge in [0.2, 0.25) is 0 Å². The Morgan fingerprint density at radius 1 is 1.53 bits per heavy atom. The van der Waals surface area contributed by atoms with Crippen molar-refractivity contribution in [2.45, 2.75) is 16.3 Å². The highest BCUT2D eigenvalue weighted by molar-refractivity contribution is 8.00. The molecule has 3 nitrogen and oxygen atoms in total. The molecule has 0 aliphatic rings. The van der Waals surface area contributed by atoms with E-state index in [0.717, 1.165) is 13.2 Å². The molecule has 0 spiro atoms. The summed E-state index contributed by atoms with van der Waals surface area (Å²) in [5, 5.41) is 8.93. The highest BCUT2D eigenvalue weighted by atomic mass is 35.5. The fraction of sp³-hybridized carbons (Fsp3) is 0.273. The number of thioether (sulfide) groups is 1. The van der Waals surface area contributed by atoms with E-state index in [1.165, 1.54) is 6.07 Å². The van der Waals surface area contributed by atoms with Gasteiger partial charge in [-0.25, -0.2) is 4.79 Å². The largest absolute Gasteiger partial charge is 0.465 e. The molecule has 0 amide bonds. The predicted molar refractivity (Wildman–Crippen MR) is 64.0 cm³/mol. The second-order valence-electron chi connectivity index (χ2n) is 3.30. The zero-order chi connectivity index (χ0) is 14.6. The maximum atomic E-state index is 12.4. The number of rotatable bonds is 3. The van der Waals surface area contributed by atoms with Gasteiger partial charge < -0.3 is 4.74 Å². The average Bonchev–Trinajstić information content (AvgIpc) is 2.34. The molecule has 0 bridgehead atoms. The van der Waals surface area contributed by atoms with Gasteiger partial charge in [0, 0.05) is 10.8 Å². The van der Waals surface area contributed by atoms with Crippen molar-refractivity contribution in [1.29, 1.82) is 5.26 Å². The lowest BCUT2D eigenvalue weighted by atomic mass is 10.1. The molecule has 0 heterocycles. The monoisotopic (exact) mass is 309 g/mol. The number of nitrogens with zero attached hydrogens (tertiary/aromatic N) is 1. The minimum Gasteiger partial charge on any atom is -0.465 e. The van der Waals surface area contributed by atoms with Crippen LogP contribution in [-0.2, 0) is 10.6 Å². The number of hydrogen-bond donors (Lipinski definition) is 0. The van der Waals surface area contributed by atoms with Crippen LogP contribution in [0.4, 0.5) is 13.2 Å². The fourth-order valence-electron chi connectivity index (χ4n) is 1.34. The Morgan fingerprint density at radius 2 is 2.16 bits per heavy atom. The molecule has 0 radical (unpaired) electrons. The Kier molecular flexibility index (Phi) is 5.09. The number of nitriles is 1. The number of esters is 1. The molecule has 0 aliphatic heterocycles. The maximum absolute atomic E-state index is 12.4. The zero-order valence-corrected chi connectivity index (χ0v) is 11.1. The van der Waals surface area contributed by atoms with Crippen LogP contribution in [0.5, 0.6) is 0 Å². The van der Waals surface area contributed by atoms with Crippen LogP contribution in [0.25, 0.3) is 0 Å².